The van der Waals surface area contributed by atoms with E-state index in [2.05, 4.69) is 0 Å². The van der Waals surface area contributed by atoms with E-state index in [1.54, 1.807) is 0 Å². The van der Waals surface area contributed by atoms with E-state index in [1.165, 1.54) is 24.3 Å². The topological polar surface area (TPSA) is 127 Å². The van der Waals surface area contributed by atoms with Gasteiger partial charge in [0, 0.05) is 6.54 Å². The molecule has 0 aliphatic heterocycles. The number of carbonyl (C=O) groups is 1. The van der Waals surface area contributed by atoms with Crippen LogP contribution in [0.15, 0.2) is 29.2 Å². The van der Waals surface area contributed by atoms with Gasteiger partial charge in [-0.15, -0.1) is 0 Å². The normalized spacial score (nSPS) is 12.6. The summed E-state index contributed by atoms with van der Waals surface area (Å²) in [6.07, 6.45) is -1.63. The van der Waals surface area contributed by atoms with Crippen LogP contribution in [0.2, 0.25) is 0 Å². The summed E-state index contributed by atoms with van der Waals surface area (Å²) in [4.78, 5) is 10.3. The van der Waals surface area contributed by atoms with Gasteiger partial charge in [0.2, 0.25) is 10.0 Å². The Morgan fingerprint density at radius 2 is 1.95 bits per heavy atom. The molecular formula is C11H12N2O5S. The molecule has 1 atom stereocenters. The van der Waals surface area contributed by atoms with E-state index in [-0.39, 0.29) is 11.3 Å². The Bertz CT molecular complexity index is 589. The fourth-order valence-corrected chi connectivity index (χ4v) is 2.28. The average Bonchev–Trinajstić information content (AvgIpc) is 2.37. The molecule has 1 aromatic rings. The van der Waals surface area contributed by atoms with Crippen molar-refractivity contribution in [2.24, 2.45) is 0 Å². The van der Waals surface area contributed by atoms with E-state index in [1.807, 2.05) is 10.8 Å². The molecule has 102 valence electrons. The molecule has 0 aromatic heterocycles. The van der Waals surface area contributed by atoms with E-state index in [9.17, 15) is 13.2 Å². The number of hydrogen-bond acceptors (Lipinski definition) is 5. The zero-order chi connectivity index (χ0) is 14.5. The molecule has 1 unspecified atom stereocenters. The summed E-state index contributed by atoms with van der Waals surface area (Å²) in [5.74, 6) is -1.51. The van der Waals surface area contributed by atoms with Gasteiger partial charge in [-0.1, -0.05) is 12.1 Å². The van der Waals surface area contributed by atoms with Crippen LogP contribution in [-0.4, -0.2) is 37.2 Å². The van der Waals surface area contributed by atoms with Crippen LogP contribution in [0, 0.1) is 11.3 Å². The summed E-state index contributed by atoms with van der Waals surface area (Å²) in [6, 6.07) is 7.53. The maximum absolute atomic E-state index is 11.7. The molecule has 7 nitrogen and oxygen atoms in total. The fraction of sp³-hybridized carbons (Fsp3) is 0.273. The zero-order valence-electron chi connectivity index (χ0n) is 9.78. The first-order valence-electron chi connectivity index (χ1n) is 5.23. The minimum Gasteiger partial charge on any atom is -0.479 e. The van der Waals surface area contributed by atoms with Crippen molar-refractivity contribution in [1.82, 2.24) is 4.72 Å². The first kappa shape index (κ1) is 15.1. The third-order valence-electron chi connectivity index (χ3n) is 2.27. The van der Waals surface area contributed by atoms with E-state index in [4.69, 9.17) is 15.5 Å². The Morgan fingerprint density at radius 1 is 1.37 bits per heavy atom. The average molecular weight is 284 g/mol. The van der Waals surface area contributed by atoms with E-state index >= 15 is 0 Å². The number of carboxylic acids is 1. The molecule has 0 heterocycles. The summed E-state index contributed by atoms with van der Waals surface area (Å²) in [5.41, 5.74) is 0.673. The molecule has 0 saturated carbocycles. The van der Waals surface area contributed by atoms with Crippen molar-refractivity contribution < 1.29 is 23.4 Å². The van der Waals surface area contributed by atoms with Gasteiger partial charge in [-0.05, 0) is 17.7 Å². The second-order valence-electron chi connectivity index (χ2n) is 3.68. The molecule has 0 saturated heterocycles. The first-order chi connectivity index (χ1) is 8.86. The molecule has 19 heavy (non-hydrogen) atoms. The summed E-state index contributed by atoms with van der Waals surface area (Å²) in [5, 5.41) is 25.9. The summed E-state index contributed by atoms with van der Waals surface area (Å²) >= 11 is 0. The van der Waals surface area contributed by atoms with Gasteiger partial charge < -0.3 is 10.2 Å². The van der Waals surface area contributed by atoms with Crippen LogP contribution in [0.25, 0.3) is 0 Å². The maximum Gasteiger partial charge on any atom is 0.333 e. The minimum absolute atomic E-state index is 0.0632. The lowest BCUT2D eigenvalue weighted by Crippen LogP contribution is -2.36. The van der Waals surface area contributed by atoms with Crippen molar-refractivity contribution in [1.29, 1.82) is 5.26 Å². The molecule has 0 aliphatic rings. The smallest absolute Gasteiger partial charge is 0.333 e. The number of nitrogens with one attached hydrogen (secondary N) is 1. The van der Waals surface area contributed by atoms with Gasteiger partial charge in [-0.2, -0.15) is 5.26 Å². The van der Waals surface area contributed by atoms with Crippen molar-refractivity contribution in [3.63, 3.8) is 0 Å². The first-order valence-corrected chi connectivity index (χ1v) is 6.71. The number of aliphatic carboxylic acids is 1. The van der Waals surface area contributed by atoms with E-state index in [0.29, 0.717) is 5.56 Å². The van der Waals surface area contributed by atoms with E-state index in [0.717, 1.165) is 0 Å². The van der Waals surface area contributed by atoms with Gasteiger partial charge in [-0.3, -0.25) is 0 Å². The summed E-state index contributed by atoms with van der Waals surface area (Å²) < 4.78 is 25.5. The Labute approximate surface area is 110 Å². The van der Waals surface area contributed by atoms with Crippen molar-refractivity contribution in [3.05, 3.63) is 29.8 Å². The Balaban J connectivity index is 2.78. The van der Waals surface area contributed by atoms with Gasteiger partial charge in [0.25, 0.3) is 0 Å². The number of aliphatic hydroxyl groups excluding tert-OH is 1. The minimum atomic E-state index is -3.88. The molecular weight excluding hydrogens is 272 g/mol. The predicted molar refractivity (Wildman–Crippen MR) is 64.6 cm³/mol. The molecule has 0 amide bonds. The second-order valence-corrected chi connectivity index (χ2v) is 5.45. The highest BCUT2D eigenvalue weighted by atomic mass is 32.2. The van der Waals surface area contributed by atoms with Crippen LogP contribution in [-0.2, 0) is 21.2 Å². The lowest BCUT2D eigenvalue weighted by molar-refractivity contribution is -0.146. The lowest BCUT2D eigenvalue weighted by atomic mass is 10.2. The van der Waals surface area contributed by atoms with Crippen molar-refractivity contribution >= 4 is 16.0 Å². The van der Waals surface area contributed by atoms with Crippen molar-refractivity contribution in [3.8, 4) is 6.07 Å². The second kappa shape index (κ2) is 6.29. The Kier molecular flexibility index (Phi) is 5.00. The lowest BCUT2D eigenvalue weighted by Gasteiger charge is -2.09. The summed E-state index contributed by atoms with van der Waals surface area (Å²) in [7, 11) is -3.88. The predicted octanol–water partition coefficient (Wildman–Crippen LogP) is -0.524. The van der Waals surface area contributed by atoms with Crippen molar-refractivity contribution in [2.45, 2.75) is 17.4 Å². The third kappa shape index (κ3) is 4.33. The molecule has 0 aliphatic carbocycles. The molecule has 1 aromatic carbocycles. The standard InChI is InChI=1S/C11H12N2O5S/c12-6-5-8-1-3-9(4-2-8)19(17,18)13-7-10(14)11(15)16/h1-4,10,13-14H,5,7H2,(H,15,16). The molecule has 1 rings (SSSR count). The number of nitriles is 1. The molecule has 3 N–H and O–H groups in total. The highest BCUT2D eigenvalue weighted by molar-refractivity contribution is 7.89. The van der Waals surface area contributed by atoms with Crippen LogP contribution in [0.5, 0.6) is 0 Å². The highest BCUT2D eigenvalue weighted by Gasteiger charge is 2.19. The number of benzene rings is 1. The molecule has 8 heteroatoms. The van der Waals surface area contributed by atoms with Gasteiger partial charge in [0.05, 0.1) is 17.4 Å². The third-order valence-corrected chi connectivity index (χ3v) is 3.71. The molecule has 0 bridgehead atoms. The largest absolute Gasteiger partial charge is 0.479 e. The van der Waals surface area contributed by atoms with Crippen LogP contribution in [0.1, 0.15) is 5.56 Å². The molecule has 0 fully saturated rings. The van der Waals surface area contributed by atoms with Crippen molar-refractivity contribution in [2.75, 3.05) is 6.54 Å². The number of sulfonamides is 1. The van der Waals surface area contributed by atoms with Crippen LogP contribution < -0.4 is 4.72 Å². The Morgan fingerprint density at radius 3 is 2.42 bits per heavy atom. The number of nitrogens with zero attached hydrogens (tertiary/aromatic N) is 1. The van der Waals surface area contributed by atoms with Crippen LogP contribution in [0.3, 0.4) is 0 Å². The molecule has 0 radical (unpaired) electrons. The van der Waals surface area contributed by atoms with E-state index < -0.39 is 28.6 Å². The SMILES string of the molecule is N#CCc1ccc(S(=O)(=O)NCC(O)C(=O)O)cc1. The number of rotatable bonds is 6. The fourth-order valence-electron chi connectivity index (χ4n) is 1.24. The monoisotopic (exact) mass is 284 g/mol. The number of aliphatic hydroxyl groups is 1. The summed E-state index contributed by atoms with van der Waals surface area (Å²) in [6.45, 7) is -0.613. The molecule has 0 spiro atoms. The highest BCUT2D eigenvalue weighted by Crippen LogP contribution is 2.10. The van der Waals surface area contributed by atoms with Gasteiger partial charge >= 0.3 is 5.97 Å². The van der Waals surface area contributed by atoms with Crippen LogP contribution in [0.4, 0.5) is 0 Å². The van der Waals surface area contributed by atoms with Gasteiger partial charge in [-0.25, -0.2) is 17.9 Å². The number of carboxylic acid groups (broad SMARTS) is 1. The van der Waals surface area contributed by atoms with Gasteiger partial charge in [0.1, 0.15) is 0 Å². The quantitative estimate of drug-likeness (QED) is 0.644. The zero-order valence-corrected chi connectivity index (χ0v) is 10.6. The maximum atomic E-state index is 11.7. The van der Waals surface area contributed by atoms with Crippen LogP contribution >= 0.6 is 0 Å². The number of hydrogen-bond donors (Lipinski definition) is 3. The van der Waals surface area contributed by atoms with Gasteiger partial charge in [0.15, 0.2) is 6.10 Å². The Hall–Kier alpha value is -1.95.